The smallest absolute Gasteiger partial charge is 0.313 e. The molecule has 2 N–H and O–H groups in total. The fourth-order valence-electron chi connectivity index (χ4n) is 2.02. The highest BCUT2D eigenvalue weighted by molar-refractivity contribution is 5.55. The van der Waals surface area contributed by atoms with Gasteiger partial charge in [-0.1, -0.05) is 0 Å². The standard InChI is InChI=1S/C14H10FN5O3/c15-9-3-8(4-16-5-9)7-20-12(21)2-1-11(19-20)10-6-17-14(23)18-13(10)22/h1-6H,7H2,(H2,17,18,22,23). The topological polar surface area (TPSA) is 114 Å². The van der Waals surface area contributed by atoms with Crippen molar-refractivity contribution in [1.29, 1.82) is 0 Å². The molecule has 0 radical (unpaired) electrons. The fourth-order valence-corrected chi connectivity index (χ4v) is 2.02. The molecule has 0 aromatic carbocycles. The Bertz CT molecular complexity index is 1040. The van der Waals surface area contributed by atoms with Crippen LogP contribution in [0, 0.1) is 5.82 Å². The van der Waals surface area contributed by atoms with Gasteiger partial charge in [0, 0.05) is 18.5 Å². The summed E-state index contributed by atoms with van der Waals surface area (Å²) in [6.07, 6.45) is 3.68. The summed E-state index contributed by atoms with van der Waals surface area (Å²) in [4.78, 5) is 42.8. The van der Waals surface area contributed by atoms with Gasteiger partial charge < -0.3 is 4.98 Å². The van der Waals surface area contributed by atoms with Crippen LogP contribution >= 0.6 is 0 Å². The van der Waals surface area contributed by atoms with Crippen molar-refractivity contribution in [3.05, 3.63) is 79.4 Å². The van der Waals surface area contributed by atoms with E-state index in [1.807, 2.05) is 0 Å². The minimum absolute atomic E-state index is 0.00130. The maximum atomic E-state index is 13.2. The van der Waals surface area contributed by atoms with E-state index in [-0.39, 0.29) is 17.8 Å². The van der Waals surface area contributed by atoms with Crippen molar-refractivity contribution in [2.45, 2.75) is 6.54 Å². The van der Waals surface area contributed by atoms with E-state index in [1.54, 1.807) is 0 Å². The van der Waals surface area contributed by atoms with Gasteiger partial charge in [-0.3, -0.25) is 19.6 Å². The van der Waals surface area contributed by atoms with Crippen LogP contribution in [-0.2, 0) is 6.54 Å². The van der Waals surface area contributed by atoms with Gasteiger partial charge in [0.2, 0.25) is 0 Å². The lowest BCUT2D eigenvalue weighted by molar-refractivity contribution is 0.604. The maximum absolute atomic E-state index is 13.2. The van der Waals surface area contributed by atoms with Gasteiger partial charge in [0.05, 0.1) is 24.0 Å². The number of aromatic amines is 2. The Morgan fingerprint density at radius 3 is 2.74 bits per heavy atom. The Kier molecular flexibility index (Phi) is 3.67. The minimum Gasteiger partial charge on any atom is -0.313 e. The largest absolute Gasteiger partial charge is 0.325 e. The van der Waals surface area contributed by atoms with Crippen LogP contribution in [0.4, 0.5) is 4.39 Å². The zero-order chi connectivity index (χ0) is 16.4. The number of aromatic nitrogens is 5. The molecular formula is C14H10FN5O3. The third-order valence-corrected chi connectivity index (χ3v) is 3.06. The molecule has 0 spiro atoms. The summed E-state index contributed by atoms with van der Waals surface area (Å²) >= 11 is 0. The molecule has 0 fully saturated rings. The van der Waals surface area contributed by atoms with Crippen LogP contribution in [0.2, 0.25) is 0 Å². The summed E-state index contributed by atoms with van der Waals surface area (Å²) in [5.74, 6) is -0.524. The average molecular weight is 315 g/mol. The van der Waals surface area contributed by atoms with Crippen molar-refractivity contribution in [3.8, 4) is 11.3 Å². The Balaban J connectivity index is 2.04. The molecule has 3 aromatic heterocycles. The fraction of sp³-hybridized carbons (Fsp3) is 0.0714. The molecular weight excluding hydrogens is 305 g/mol. The maximum Gasteiger partial charge on any atom is 0.325 e. The number of nitrogens with one attached hydrogen (secondary N) is 2. The summed E-state index contributed by atoms with van der Waals surface area (Å²) in [5.41, 5.74) is -0.926. The summed E-state index contributed by atoms with van der Waals surface area (Å²) in [6.45, 7) is -0.00130. The molecule has 0 aliphatic carbocycles. The van der Waals surface area contributed by atoms with E-state index in [4.69, 9.17) is 0 Å². The van der Waals surface area contributed by atoms with Gasteiger partial charge >= 0.3 is 5.69 Å². The summed E-state index contributed by atoms with van der Waals surface area (Å²) in [6, 6.07) is 3.84. The SMILES string of the molecule is O=c1[nH]cc(-c2ccc(=O)n(Cc3cncc(F)c3)n2)c(=O)[nH]1. The van der Waals surface area contributed by atoms with Gasteiger partial charge in [0.15, 0.2) is 0 Å². The summed E-state index contributed by atoms with van der Waals surface area (Å²) < 4.78 is 14.2. The molecule has 0 unspecified atom stereocenters. The molecule has 3 aromatic rings. The molecule has 3 rings (SSSR count). The molecule has 0 amide bonds. The van der Waals surface area contributed by atoms with Gasteiger partial charge in [-0.15, -0.1) is 0 Å². The van der Waals surface area contributed by atoms with Gasteiger partial charge in [-0.2, -0.15) is 5.10 Å². The van der Waals surface area contributed by atoms with Crippen molar-refractivity contribution in [2.24, 2.45) is 0 Å². The molecule has 0 saturated heterocycles. The van der Waals surface area contributed by atoms with Gasteiger partial charge in [-0.05, 0) is 17.7 Å². The highest BCUT2D eigenvalue weighted by Crippen LogP contribution is 2.08. The van der Waals surface area contributed by atoms with Gasteiger partial charge in [-0.25, -0.2) is 13.9 Å². The predicted molar refractivity (Wildman–Crippen MR) is 78.5 cm³/mol. The highest BCUT2D eigenvalue weighted by Gasteiger charge is 2.08. The molecule has 0 aliphatic rings. The Labute approximate surface area is 127 Å². The molecule has 23 heavy (non-hydrogen) atoms. The predicted octanol–water partition coefficient (Wildman–Crippen LogP) is -0.131. The highest BCUT2D eigenvalue weighted by atomic mass is 19.1. The van der Waals surface area contributed by atoms with Crippen molar-refractivity contribution >= 4 is 0 Å². The Morgan fingerprint density at radius 1 is 1.17 bits per heavy atom. The molecule has 8 nitrogen and oxygen atoms in total. The normalized spacial score (nSPS) is 10.7. The lowest BCUT2D eigenvalue weighted by Gasteiger charge is -2.06. The number of nitrogens with zero attached hydrogens (tertiary/aromatic N) is 3. The van der Waals surface area contributed by atoms with Crippen molar-refractivity contribution < 1.29 is 4.39 Å². The van der Waals surface area contributed by atoms with Crippen LogP contribution < -0.4 is 16.8 Å². The molecule has 0 saturated carbocycles. The van der Waals surface area contributed by atoms with Crippen molar-refractivity contribution in [3.63, 3.8) is 0 Å². The third-order valence-electron chi connectivity index (χ3n) is 3.06. The number of hydrogen-bond acceptors (Lipinski definition) is 5. The summed E-state index contributed by atoms with van der Waals surface area (Å²) in [7, 11) is 0. The molecule has 0 aliphatic heterocycles. The molecule has 0 bridgehead atoms. The van der Waals surface area contributed by atoms with Gasteiger partial charge in [0.25, 0.3) is 11.1 Å². The lowest BCUT2D eigenvalue weighted by Crippen LogP contribution is -2.26. The first-order valence-corrected chi connectivity index (χ1v) is 6.53. The Morgan fingerprint density at radius 2 is 2.00 bits per heavy atom. The van der Waals surface area contributed by atoms with E-state index < -0.39 is 22.6 Å². The molecule has 116 valence electrons. The zero-order valence-corrected chi connectivity index (χ0v) is 11.6. The average Bonchev–Trinajstić information content (AvgIpc) is 2.50. The van der Waals surface area contributed by atoms with E-state index in [2.05, 4.69) is 20.1 Å². The number of pyridine rings is 1. The third kappa shape index (κ3) is 3.12. The zero-order valence-electron chi connectivity index (χ0n) is 11.6. The van der Waals surface area contributed by atoms with Crippen molar-refractivity contribution in [1.82, 2.24) is 24.7 Å². The van der Waals surface area contributed by atoms with E-state index in [0.29, 0.717) is 5.56 Å². The van der Waals surface area contributed by atoms with Crippen molar-refractivity contribution in [2.75, 3.05) is 0 Å². The first-order valence-electron chi connectivity index (χ1n) is 6.53. The van der Waals surface area contributed by atoms with Crippen LogP contribution in [0.1, 0.15) is 5.56 Å². The second-order valence-corrected chi connectivity index (χ2v) is 4.71. The Hall–Kier alpha value is -3.36. The van der Waals surface area contributed by atoms with E-state index in [0.717, 1.165) is 10.9 Å². The van der Waals surface area contributed by atoms with Crippen LogP contribution in [0.3, 0.4) is 0 Å². The number of rotatable bonds is 3. The first kappa shape index (κ1) is 14.6. The number of halogens is 1. The second-order valence-electron chi connectivity index (χ2n) is 4.71. The number of hydrogen-bond donors (Lipinski definition) is 2. The van der Waals surface area contributed by atoms with E-state index in [9.17, 15) is 18.8 Å². The second kappa shape index (κ2) is 5.79. The van der Waals surface area contributed by atoms with Crippen LogP contribution in [0.5, 0.6) is 0 Å². The van der Waals surface area contributed by atoms with Gasteiger partial charge in [0.1, 0.15) is 5.82 Å². The monoisotopic (exact) mass is 315 g/mol. The summed E-state index contributed by atoms with van der Waals surface area (Å²) in [5, 5.41) is 4.07. The van der Waals surface area contributed by atoms with E-state index >= 15 is 0 Å². The molecule has 0 atom stereocenters. The molecule has 9 heteroatoms. The minimum atomic E-state index is -0.641. The van der Waals surface area contributed by atoms with E-state index in [1.165, 1.54) is 30.6 Å². The lowest BCUT2D eigenvalue weighted by atomic mass is 10.2. The van der Waals surface area contributed by atoms with Crippen LogP contribution in [-0.4, -0.2) is 24.7 Å². The van der Waals surface area contributed by atoms with Crippen LogP contribution in [0.25, 0.3) is 11.3 Å². The van der Waals surface area contributed by atoms with Crippen LogP contribution in [0.15, 0.2) is 51.2 Å². The molecule has 3 heterocycles. The quantitative estimate of drug-likeness (QED) is 0.699. The number of H-pyrrole nitrogens is 2. The first-order chi connectivity index (χ1) is 11.0.